The van der Waals surface area contributed by atoms with Crippen LogP contribution < -0.4 is 10.1 Å². The van der Waals surface area contributed by atoms with Crippen LogP contribution in [0.3, 0.4) is 0 Å². The standard InChI is InChI=1S/C12H18N2O/c1-3-9-8-14-10(4-2)12-11(15-9)6-5-7-13-12/h5-7,9-10,14H,3-4,8H2,1-2H3/t9-,10-/m1/s1. The molecule has 0 saturated carbocycles. The zero-order valence-corrected chi connectivity index (χ0v) is 9.36. The van der Waals surface area contributed by atoms with Crippen molar-refractivity contribution in [3.05, 3.63) is 24.0 Å². The van der Waals surface area contributed by atoms with Crippen LogP contribution in [-0.2, 0) is 0 Å². The van der Waals surface area contributed by atoms with Crippen LogP contribution in [0.2, 0.25) is 0 Å². The zero-order valence-electron chi connectivity index (χ0n) is 9.36. The van der Waals surface area contributed by atoms with Gasteiger partial charge in [0.15, 0.2) is 0 Å². The molecule has 1 aromatic rings. The molecule has 0 fully saturated rings. The first kappa shape index (κ1) is 10.4. The molecule has 0 unspecified atom stereocenters. The van der Waals surface area contributed by atoms with Gasteiger partial charge in [0.25, 0.3) is 0 Å². The van der Waals surface area contributed by atoms with Crippen LogP contribution in [-0.4, -0.2) is 17.6 Å². The number of fused-ring (bicyclic) bond motifs is 1. The van der Waals surface area contributed by atoms with Gasteiger partial charge in [-0.3, -0.25) is 4.98 Å². The molecule has 3 nitrogen and oxygen atoms in total. The molecule has 3 heteroatoms. The fraction of sp³-hybridized carbons (Fsp3) is 0.583. The van der Waals surface area contributed by atoms with E-state index in [1.165, 1.54) is 0 Å². The molecule has 0 spiro atoms. The highest BCUT2D eigenvalue weighted by Crippen LogP contribution is 2.28. The number of ether oxygens (including phenoxy) is 1. The van der Waals surface area contributed by atoms with Gasteiger partial charge in [-0.2, -0.15) is 0 Å². The third-order valence-electron chi connectivity index (χ3n) is 2.88. The quantitative estimate of drug-likeness (QED) is 0.806. The van der Waals surface area contributed by atoms with Crippen LogP contribution in [0.1, 0.15) is 38.4 Å². The van der Waals surface area contributed by atoms with Crippen LogP contribution in [0.5, 0.6) is 5.75 Å². The van der Waals surface area contributed by atoms with Crippen molar-refractivity contribution in [2.45, 2.75) is 38.8 Å². The average Bonchev–Trinajstić information content (AvgIpc) is 2.47. The van der Waals surface area contributed by atoms with Crippen LogP contribution in [0, 0.1) is 0 Å². The molecule has 1 aliphatic heterocycles. The lowest BCUT2D eigenvalue weighted by Gasteiger charge is -2.14. The molecular formula is C12H18N2O. The van der Waals surface area contributed by atoms with Gasteiger partial charge < -0.3 is 10.1 Å². The summed E-state index contributed by atoms with van der Waals surface area (Å²) in [7, 11) is 0. The fourth-order valence-corrected chi connectivity index (χ4v) is 1.92. The minimum Gasteiger partial charge on any atom is -0.487 e. The van der Waals surface area contributed by atoms with E-state index >= 15 is 0 Å². The summed E-state index contributed by atoms with van der Waals surface area (Å²) in [6.45, 7) is 5.22. The molecule has 0 amide bonds. The summed E-state index contributed by atoms with van der Waals surface area (Å²) in [6, 6.07) is 4.28. The van der Waals surface area contributed by atoms with Gasteiger partial charge in [-0.25, -0.2) is 0 Å². The SMILES string of the molecule is CC[C@@H]1CN[C@H](CC)c2ncccc2O1. The van der Waals surface area contributed by atoms with Crippen molar-refractivity contribution in [3.8, 4) is 5.75 Å². The maximum absolute atomic E-state index is 5.91. The first-order chi connectivity index (χ1) is 7.35. The molecule has 0 aromatic carbocycles. The van der Waals surface area contributed by atoms with Crippen molar-refractivity contribution in [2.75, 3.05) is 6.54 Å². The van der Waals surface area contributed by atoms with E-state index in [9.17, 15) is 0 Å². The molecule has 1 aromatic heterocycles. The van der Waals surface area contributed by atoms with Gasteiger partial charge in [0, 0.05) is 12.7 Å². The largest absolute Gasteiger partial charge is 0.487 e. The van der Waals surface area contributed by atoms with Gasteiger partial charge in [0.2, 0.25) is 0 Å². The third-order valence-corrected chi connectivity index (χ3v) is 2.88. The summed E-state index contributed by atoms with van der Waals surface area (Å²) in [5.41, 5.74) is 1.05. The number of nitrogens with zero attached hydrogens (tertiary/aromatic N) is 1. The first-order valence-electron chi connectivity index (χ1n) is 5.70. The van der Waals surface area contributed by atoms with Crippen molar-refractivity contribution in [1.29, 1.82) is 0 Å². The number of nitrogens with one attached hydrogen (secondary N) is 1. The van der Waals surface area contributed by atoms with Gasteiger partial charge in [0.05, 0.1) is 11.7 Å². The van der Waals surface area contributed by atoms with Crippen molar-refractivity contribution in [3.63, 3.8) is 0 Å². The number of hydrogen-bond donors (Lipinski definition) is 1. The van der Waals surface area contributed by atoms with Gasteiger partial charge in [-0.1, -0.05) is 13.8 Å². The Hall–Kier alpha value is -1.09. The second kappa shape index (κ2) is 4.62. The second-order valence-electron chi connectivity index (χ2n) is 3.90. The van der Waals surface area contributed by atoms with Crippen LogP contribution in [0.25, 0.3) is 0 Å². The third kappa shape index (κ3) is 2.12. The van der Waals surface area contributed by atoms with E-state index in [4.69, 9.17) is 4.74 Å². The van der Waals surface area contributed by atoms with Crippen molar-refractivity contribution in [1.82, 2.24) is 10.3 Å². The predicted octanol–water partition coefficient (Wildman–Crippen LogP) is 2.29. The normalized spacial score (nSPS) is 25.2. The Labute approximate surface area is 90.9 Å². The average molecular weight is 206 g/mol. The molecule has 2 rings (SSSR count). The Balaban J connectivity index is 2.31. The van der Waals surface area contributed by atoms with E-state index < -0.39 is 0 Å². The Bertz CT molecular complexity index is 327. The minimum absolute atomic E-state index is 0.268. The number of aromatic nitrogens is 1. The maximum atomic E-state index is 5.91. The van der Waals surface area contributed by atoms with E-state index in [2.05, 4.69) is 24.1 Å². The highest BCUT2D eigenvalue weighted by Gasteiger charge is 2.22. The predicted molar refractivity (Wildman–Crippen MR) is 60.0 cm³/mol. The molecule has 0 radical (unpaired) electrons. The number of pyridine rings is 1. The smallest absolute Gasteiger partial charge is 0.142 e. The minimum atomic E-state index is 0.268. The monoisotopic (exact) mass is 206 g/mol. The van der Waals surface area contributed by atoms with Crippen LogP contribution in [0.15, 0.2) is 18.3 Å². The van der Waals surface area contributed by atoms with E-state index in [1.54, 1.807) is 0 Å². The molecular weight excluding hydrogens is 188 g/mol. The Morgan fingerprint density at radius 2 is 2.33 bits per heavy atom. The number of rotatable bonds is 2. The topological polar surface area (TPSA) is 34.2 Å². The van der Waals surface area contributed by atoms with Gasteiger partial charge in [-0.05, 0) is 25.0 Å². The van der Waals surface area contributed by atoms with E-state index in [1.807, 2.05) is 18.3 Å². The molecule has 0 aliphatic carbocycles. The van der Waals surface area contributed by atoms with Gasteiger partial charge >= 0.3 is 0 Å². The molecule has 15 heavy (non-hydrogen) atoms. The summed E-state index contributed by atoms with van der Waals surface area (Å²) in [6.07, 6.45) is 4.17. The van der Waals surface area contributed by atoms with E-state index in [-0.39, 0.29) is 6.10 Å². The molecule has 1 N–H and O–H groups in total. The lowest BCUT2D eigenvalue weighted by Crippen LogP contribution is -2.29. The van der Waals surface area contributed by atoms with Gasteiger partial charge in [-0.15, -0.1) is 0 Å². The van der Waals surface area contributed by atoms with E-state index in [0.717, 1.165) is 30.8 Å². The lowest BCUT2D eigenvalue weighted by atomic mass is 10.1. The summed E-state index contributed by atoms with van der Waals surface area (Å²) in [5, 5.41) is 3.50. The van der Waals surface area contributed by atoms with Crippen LogP contribution in [0.4, 0.5) is 0 Å². The fourth-order valence-electron chi connectivity index (χ4n) is 1.92. The molecule has 2 atom stereocenters. The Morgan fingerprint density at radius 3 is 3.07 bits per heavy atom. The highest BCUT2D eigenvalue weighted by atomic mass is 16.5. The number of hydrogen-bond acceptors (Lipinski definition) is 3. The van der Waals surface area contributed by atoms with Crippen molar-refractivity contribution in [2.24, 2.45) is 0 Å². The lowest BCUT2D eigenvalue weighted by molar-refractivity contribution is 0.200. The zero-order chi connectivity index (χ0) is 10.7. The molecule has 2 heterocycles. The summed E-state index contributed by atoms with van der Waals surface area (Å²) in [4.78, 5) is 4.41. The van der Waals surface area contributed by atoms with Crippen molar-refractivity contribution >= 4 is 0 Å². The molecule has 1 aliphatic rings. The highest BCUT2D eigenvalue weighted by molar-refractivity contribution is 5.30. The first-order valence-corrected chi connectivity index (χ1v) is 5.70. The second-order valence-corrected chi connectivity index (χ2v) is 3.90. The summed E-state index contributed by atoms with van der Waals surface area (Å²) in [5.74, 6) is 0.946. The molecule has 82 valence electrons. The summed E-state index contributed by atoms with van der Waals surface area (Å²) < 4.78 is 5.91. The van der Waals surface area contributed by atoms with Gasteiger partial charge in [0.1, 0.15) is 11.9 Å². The van der Waals surface area contributed by atoms with Crippen molar-refractivity contribution < 1.29 is 4.74 Å². The maximum Gasteiger partial charge on any atom is 0.142 e. The van der Waals surface area contributed by atoms with Crippen LogP contribution >= 0.6 is 0 Å². The molecule has 0 saturated heterocycles. The molecule has 0 bridgehead atoms. The summed E-state index contributed by atoms with van der Waals surface area (Å²) >= 11 is 0. The Kier molecular flexibility index (Phi) is 3.21. The Morgan fingerprint density at radius 1 is 1.47 bits per heavy atom. The van der Waals surface area contributed by atoms with E-state index in [0.29, 0.717) is 6.04 Å².